The minimum atomic E-state index is 0.399. The van der Waals surface area contributed by atoms with Gasteiger partial charge in [0.15, 0.2) is 5.82 Å². The molecule has 0 aliphatic rings. The fourth-order valence-corrected chi connectivity index (χ4v) is 1.49. The fourth-order valence-electron chi connectivity index (χ4n) is 1.49. The van der Waals surface area contributed by atoms with Crippen molar-refractivity contribution in [3.8, 4) is 6.07 Å². The van der Waals surface area contributed by atoms with Gasteiger partial charge in [0.25, 0.3) is 0 Å². The van der Waals surface area contributed by atoms with Crippen LogP contribution >= 0.6 is 0 Å². The predicted octanol–water partition coefficient (Wildman–Crippen LogP) is 2.31. The molecule has 0 aliphatic heterocycles. The molecule has 1 heterocycles. The zero-order chi connectivity index (χ0) is 13.5. The topological polar surface area (TPSA) is 86.5 Å². The highest BCUT2D eigenvalue weighted by atomic mass is 15.3. The second kappa shape index (κ2) is 6.31. The van der Waals surface area contributed by atoms with Crippen LogP contribution in [0.2, 0.25) is 0 Å². The number of anilines is 3. The van der Waals surface area contributed by atoms with E-state index in [1.807, 2.05) is 6.07 Å². The van der Waals surface area contributed by atoms with Gasteiger partial charge in [-0.3, -0.25) is 0 Å². The molecule has 0 radical (unpaired) electrons. The fraction of sp³-hybridized carbons (Fsp3) is 0.231. The van der Waals surface area contributed by atoms with Gasteiger partial charge in [-0.05, 0) is 24.6 Å². The van der Waals surface area contributed by atoms with Gasteiger partial charge in [-0.15, -0.1) is 5.10 Å². The first kappa shape index (κ1) is 12.8. The molecule has 19 heavy (non-hydrogen) atoms. The SMILES string of the molecule is CCCNc1cnnc(Nc2cccc(C#N)c2)n1. The van der Waals surface area contributed by atoms with Gasteiger partial charge in [0.05, 0.1) is 17.8 Å². The first-order valence-electron chi connectivity index (χ1n) is 6.02. The molecule has 0 saturated heterocycles. The van der Waals surface area contributed by atoms with Crippen LogP contribution in [0.5, 0.6) is 0 Å². The van der Waals surface area contributed by atoms with E-state index >= 15 is 0 Å². The maximum absolute atomic E-state index is 8.84. The van der Waals surface area contributed by atoms with E-state index in [1.54, 1.807) is 24.4 Å². The summed E-state index contributed by atoms with van der Waals surface area (Å²) in [5.41, 5.74) is 1.34. The number of hydrogen-bond donors (Lipinski definition) is 2. The first-order valence-corrected chi connectivity index (χ1v) is 6.02. The summed E-state index contributed by atoms with van der Waals surface area (Å²) in [5.74, 6) is 1.08. The van der Waals surface area contributed by atoms with Crippen LogP contribution in [0, 0.1) is 11.3 Å². The van der Waals surface area contributed by atoms with Crippen molar-refractivity contribution in [3.05, 3.63) is 36.0 Å². The molecular weight excluding hydrogens is 240 g/mol. The molecule has 0 aliphatic carbocycles. The van der Waals surface area contributed by atoms with Crippen molar-refractivity contribution in [2.45, 2.75) is 13.3 Å². The number of aromatic nitrogens is 3. The standard InChI is InChI=1S/C13H14N6/c1-2-6-15-12-9-16-19-13(18-12)17-11-5-3-4-10(7-11)8-14/h3-5,7,9H,2,6H2,1H3,(H2,15,17,18,19). The Kier molecular flexibility index (Phi) is 4.24. The molecule has 96 valence electrons. The summed E-state index contributed by atoms with van der Waals surface area (Å²) >= 11 is 0. The Morgan fingerprint density at radius 3 is 3.05 bits per heavy atom. The predicted molar refractivity (Wildman–Crippen MR) is 73.0 cm³/mol. The second-order valence-corrected chi connectivity index (χ2v) is 3.91. The lowest BCUT2D eigenvalue weighted by Gasteiger charge is -2.06. The molecule has 0 amide bonds. The third-order valence-corrected chi connectivity index (χ3v) is 2.36. The summed E-state index contributed by atoms with van der Waals surface area (Å²) in [6.07, 6.45) is 2.59. The van der Waals surface area contributed by atoms with Gasteiger partial charge in [0.1, 0.15) is 0 Å². The first-order chi connectivity index (χ1) is 9.31. The minimum absolute atomic E-state index is 0.399. The van der Waals surface area contributed by atoms with E-state index in [1.165, 1.54) is 0 Å². The van der Waals surface area contributed by atoms with Crippen LogP contribution in [-0.4, -0.2) is 21.7 Å². The van der Waals surface area contributed by atoms with Gasteiger partial charge in [-0.1, -0.05) is 13.0 Å². The van der Waals surface area contributed by atoms with Gasteiger partial charge in [-0.2, -0.15) is 15.3 Å². The Bertz CT molecular complexity index is 590. The highest BCUT2D eigenvalue weighted by Crippen LogP contribution is 2.14. The summed E-state index contributed by atoms with van der Waals surface area (Å²) in [5, 5.41) is 22.8. The number of rotatable bonds is 5. The average Bonchev–Trinajstić information content (AvgIpc) is 2.46. The summed E-state index contributed by atoms with van der Waals surface area (Å²) in [7, 11) is 0. The molecule has 0 atom stereocenters. The van der Waals surface area contributed by atoms with E-state index in [-0.39, 0.29) is 0 Å². The molecule has 2 aromatic rings. The quantitative estimate of drug-likeness (QED) is 0.851. The highest BCUT2D eigenvalue weighted by molar-refractivity contribution is 5.56. The zero-order valence-electron chi connectivity index (χ0n) is 10.6. The number of nitriles is 1. The molecular formula is C13H14N6. The number of benzene rings is 1. The third kappa shape index (κ3) is 3.64. The molecule has 2 N–H and O–H groups in total. The smallest absolute Gasteiger partial charge is 0.249 e. The Hall–Kier alpha value is -2.68. The van der Waals surface area contributed by atoms with E-state index in [2.05, 4.69) is 38.8 Å². The van der Waals surface area contributed by atoms with Gasteiger partial charge in [-0.25, -0.2) is 0 Å². The molecule has 0 saturated carbocycles. The van der Waals surface area contributed by atoms with Crippen molar-refractivity contribution in [1.29, 1.82) is 5.26 Å². The van der Waals surface area contributed by atoms with E-state index in [9.17, 15) is 0 Å². The molecule has 6 heteroatoms. The van der Waals surface area contributed by atoms with Crippen molar-refractivity contribution < 1.29 is 0 Å². The molecule has 0 unspecified atom stereocenters. The van der Waals surface area contributed by atoms with Gasteiger partial charge in [0.2, 0.25) is 5.95 Å². The van der Waals surface area contributed by atoms with Crippen LogP contribution in [0.4, 0.5) is 17.5 Å². The zero-order valence-corrected chi connectivity index (χ0v) is 10.6. The lowest BCUT2D eigenvalue weighted by Crippen LogP contribution is -2.06. The van der Waals surface area contributed by atoms with Crippen LogP contribution in [0.15, 0.2) is 30.5 Å². The molecule has 0 spiro atoms. The third-order valence-electron chi connectivity index (χ3n) is 2.36. The summed E-state index contributed by atoms with van der Waals surface area (Å²) in [6, 6.07) is 9.20. The van der Waals surface area contributed by atoms with Crippen molar-refractivity contribution in [3.63, 3.8) is 0 Å². The van der Waals surface area contributed by atoms with E-state index in [4.69, 9.17) is 5.26 Å². The Morgan fingerprint density at radius 1 is 1.37 bits per heavy atom. The summed E-state index contributed by atoms with van der Waals surface area (Å²) < 4.78 is 0. The van der Waals surface area contributed by atoms with Crippen molar-refractivity contribution in [2.75, 3.05) is 17.2 Å². The maximum Gasteiger partial charge on any atom is 0.249 e. The van der Waals surface area contributed by atoms with Gasteiger partial charge >= 0.3 is 0 Å². The molecule has 1 aromatic carbocycles. The van der Waals surface area contributed by atoms with Crippen LogP contribution in [-0.2, 0) is 0 Å². The molecule has 2 rings (SSSR count). The normalized spacial score (nSPS) is 9.68. The summed E-state index contributed by atoms with van der Waals surface area (Å²) in [6.45, 7) is 2.91. The lowest BCUT2D eigenvalue weighted by molar-refractivity contribution is 0.935. The molecule has 6 nitrogen and oxygen atoms in total. The minimum Gasteiger partial charge on any atom is -0.369 e. The van der Waals surface area contributed by atoms with E-state index in [0.29, 0.717) is 17.3 Å². The van der Waals surface area contributed by atoms with Crippen LogP contribution < -0.4 is 10.6 Å². The highest BCUT2D eigenvalue weighted by Gasteiger charge is 2.01. The van der Waals surface area contributed by atoms with Crippen LogP contribution in [0.25, 0.3) is 0 Å². The molecule has 0 fully saturated rings. The van der Waals surface area contributed by atoms with Gasteiger partial charge in [0, 0.05) is 12.2 Å². The van der Waals surface area contributed by atoms with Crippen molar-refractivity contribution in [2.24, 2.45) is 0 Å². The molecule has 1 aromatic heterocycles. The molecule has 0 bridgehead atoms. The van der Waals surface area contributed by atoms with Crippen molar-refractivity contribution in [1.82, 2.24) is 15.2 Å². The largest absolute Gasteiger partial charge is 0.369 e. The van der Waals surface area contributed by atoms with Gasteiger partial charge < -0.3 is 10.6 Å². The lowest BCUT2D eigenvalue weighted by atomic mass is 10.2. The van der Waals surface area contributed by atoms with Crippen LogP contribution in [0.3, 0.4) is 0 Å². The van der Waals surface area contributed by atoms with E-state index < -0.39 is 0 Å². The average molecular weight is 254 g/mol. The number of hydrogen-bond acceptors (Lipinski definition) is 6. The number of nitrogens with zero attached hydrogens (tertiary/aromatic N) is 4. The van der Waals surface area contributed by atoms with Crippen LogP contribution in [0.1, 0.15) is 18.9 Å². The maximum atomic E-state index is 8.84. The summed E-state index contributed by atoms with van der Waals surface area (Å²) in [4.78, 5) is 4.28. The second-order valence-electron chi connectivity index (χ2n) is 3.91. The monoisotopic (exact) mass is 254 g/mol. The Labute approximate surface area is 111 Å². The number of nitrogens with one attached hydrogen (secondary N) is 2. The Balaban J connectivity index is 2.12. The van der Waals surface area contributed by atoms with Crippen molar-refractivity contribution >= 4 is 17.5 Å². The Morgan fingerprint density at radius 2 is 2.26 bits per heavy atom. The van der Waals surface area contributed by atoms with E-state index in [0.717, 1.165) is 18.7 Å².